The Morgan fingerprint density at radius 3 is 3.00 bits per heavy atom. The van der Waals surface area contributed by atoms with Crippen molar-refractivity contribution in [1.82, 2.24) is 9.97 Å². The Balaban J connectivity index is 1.93. The first-order valence-electron chi connectivity index (χ1n) is 6.29. The molecule has 1 unspecified atom stereocenters. The van der Waals surface area contributed by atoms with Crippen molar-refractivity contribution in [2.75, 3.05) is 5.75 Å². The third-order valence-corrected chi connectivity index (χ3v) is 5.48. The zero-order valence-corrected chi connectivity index (χ0v) is 13.9. The molecule has 6 heteroatoms. The number of hydrogen-bond donors (Lipinski definition) is 0. The van der Waals surface area contributed by atoms with E-state index in [0.29, 0.717) is 11.0 Å². The smallest absolute Gasteiger partial charge is 0.172 e. The van der Waals surface area contributed by atoms with Gasteiger partial charge in [-0.05, 0) is 34.5 Å². The molecule has 1 atom stereocenters. The first-order valence-corrected chi connectivity index (χ1v) is 8.45. The van der Waals surface area contributed by atoms with Gasteiger partial charge in [-0.1, -0.05) is 30.7 Å². The third-order valence-electron chi connectivity index (χ3n) is 3.03. The molecule has 1 aliphatic heterocycles. The second-order valence-electron chi connectivity index (χ2n) is 4.35. The number of benzene rings is 1. The van der Waals surface area contributed by atoms with E-state index in [-0.39, 0.29) is 6.10 Å². The van der Waals surface area contributed by atoms with Crippen molar-refractivity contribution in [2.24, 2.45) is 0 Å². The second kappa shape index (κ2) is 5.92. The Hall–Kier alpha value is -0.780. The number of nitrogens with zero attached hydrogens (tertiary/aromatic N) is 2. The zero-order valence-electron chi connectivity index (χ0n) is 10.8. The average Bonchev–Trinajstić information content (AvgIpc) is 2.49. The van der Waals surface area contributed by atoms with Crippen LogP contribution in [0.4, 0.5) is 0 Å². The van der Waals surface area contributed by atoms with Crippen LogP contribution in [-0.2, 0) is 6.42 Å². The average molecular weight is 372 g/mol. The van der Waals surface area contributed by atoms with Crippen molar-refractivity contribution in [3.63, 3.8) is 0 Å². The van der Waals surface area contributed by atoms with Crippen LogP contribution in [0.25, 0.3) is 0 Å². The minimum Gasteiger partial charge on any atom is -0.480 e. The van der Waals surface area contributed by atoms with Gasteiger partial charge >= 0.3 is 0 Å². The van der Waals surface area contributed by atoms with Gasteiger partial charge in [0.05, 0.1) is 10.2 Å². The lowest BCUT2D eigenvalue weighted by Crippen LogP contribution is -2.18. The molecule has 0 amide bonds. The molecule has 2 heterocycles. The highest BCUT2D eigenvalue weighted by molar-refractivity contribution is 9.10. The molecule has 104 valence electrons. The summed E-state index contributed by atoms with van der Waals surface area (Å²) in [5, 5.41) is 0.444. The van der Waals surface area contributed by atoms with Gasteiger partial charge in [-0.25, -0.2) is 9.97 Å². The van der Waals surface area contributed by atoms with Gasteiger partial charge in [0.15, 0.2) is 11.9 Å². The molecule has 0 radical (unpaired) electrons. The molecule has 3 rings (SSSR count). The van der Waals surface area contributed by atoms with Gasteiger partial charge in [-0.2, -0.15) is 0 Å². The van der Waals surface area contributed by atoms with E-state index in [2.05, 4.69) is 32.0 Å². The summed E-state index contributed by atoms with van der Waals surface area (Å²) in [6, 6.07) is 8.01. The number of thioether (sulfide) groups is 1. The van der Waals surface area contributed by atoms with Gasteiger partial charge in [-0.3, -0.25) is 0 Å². The van der Waals surface area contributed by atoms with Crippen LogP contribution >= 0.6 is 39.3 Å². The Morgan fingerprint density at radius 2 is 2.20 bits per heavy atom. The molecular formula is C14H12BrClN2OS. The molecule has 0 saturated carbocycles. The maximum Gasteiger partial charge on any atom is 0.172 e. The Bertz CT molecular complexity index is 653. The van der Waals surface area contributed by atoms with Crippen molar-refractivity contribution in [3.05, 3.63) is 45.4 Å². The summed E-state index contributed by atoms with van der Waals surface area (Å²) in [4.78, 5) is 10.1. The highest BCUT2D eigenvalue weighted by atomic mass is 79.9. The van der Waals surface area contributed by atoms with Crippen molar-refractivity contribution >= 4 is 39.3 Å². The molecule has 1 aromatic heterocycles. The molecule has 0 N–H and O–H groups in total. The number of rotatable bonds is 2. The lowest BCUT2D eigenvalue weighted by molar-refractivity contribution is 0.210. The van der Waals surface area contributed by atoms with Crippen LogP contribution in [0.5, 0.6) is 5.75 Å². The van der Waals surface area contributed by atoms with Crippen molar-refractivity contribution in [2.45, 2.75) is 24.3 Å². The molecule has 0 bridgehead atoms. The minimum absolute atomic E-state index is 0.161. The number of para-hydroxylation sites is 1. The summed E-state index contributed by atoms with van der Waals surface area (Å²) in [6.45, 7) is 2.04. The summed E-state index contributed by atoms with van der Waals surface area (Å²) in [5.41, 5.74) is 0.910. The van der Waals surface area contributed by atoms with Gasteiger partial charge < -0.3 is 4.74 Å². The molecule has 0 spiro atoms. The fourth-order valence-corrected chi connectivity index (χ4v) is 3.64. The van der Waals surface area contributed by atoms with Crippen LogP contribution in [0.15, 0.2) is 33.6 Å². The predicted octanol–water partition coefficient (Wildman–Crippen LogP) is 4.68. The largest absolute Gasteiger partial charge is 0.480 e. The maximum absolute atomic E-state index is 6.16. The topological polar surface area (TPSA) is 35.0 Å². The molecular weight excluding hydrogens is 360 g/mol. The van der Waals surface area contributed by atoms with Gasteiger partial charge in [0, 0.05) is 10.6 Å². The van der Waals surface area contributed by atoms with E-state index >= 15 is 0 Å². The Morgan fingerprint density at radius 1 is 1.40 bits per heavy atom. The summed E-state index contributed by atoms with van der Waals surface area (Å²) < 4.78 is 6.77. The lowest BCUT2D eigenvalue weighted by atomic mass is 10.3. The predicted molar refractivity (Wildman–Crippen MR) is 84.7 cm³/mol. The van der Waals surface area contributed by atoms with Crippen LogP contribution in [-0.4, -0.2) is 15.7 Å². The third kappa shape index (κ3) is 2.67. The Kier molecular flexibility index (Phi) is 4.19. The molecule has 20 heavy (non-hydrogen) atoms. The fourth-order valence-electron chi connectivity index (χ4n) is 2.01. The number of ether oxygens (including phenoxy) is 1. The molecule has 1 aliphatic rings. The Labute approximate surface area is 135 Å². The number of aromatic nitrogens is 2. The van der Waals surface area contributed by atoms with Gasteiger partial charge in [0.25, 0.3) is 0 Å². The van der Waals surface area contributed by atoms with Crippen LogP contribution in [0.2, 0.25) is 5.15 Å². The van der Waals surface area contributed by atoms with Crippen LogP contribution < -0.4 is 4.74 Å². The van der Waals surface area contributed by atoms with E-state index < -0.39 is 0 Å². The summed E-state index contributed by atoms with van der Waals surface area (Å²) >= 11 is 11.3. The summed E-state index contributed by atoms with van der Waals surface area (Å²) in [6.07, 6.45) is 0.637. The minimum atomic E-state index is -0.161. The lowest BCUT2D eigenvalue weighted by Gasteiger charge is -2.24. The maximum atomic E-state index is 6.16. The highest BCUT2D eigenvalue weighted by Gasteiger charge is 2.25. The quantitative estimate of drug-likeness (QED) is 0.718. The van der Waals surface area contributed by atoms with E-state index in [1.165, 1.54) is 0 Å². The van der Waals surface area contributed by atoms with E-state index in [4.69, 9.17) is 16.3 Å². The van der Waals surface area contributed by atoms with E-state index in [1.807, 2.05) is 25.1 Å². The molecule has 0 saturated heterocycles. The number of fused-ring (bicyclic) bond motifs is 1. The molecule has 2 aromatic rings. The number of halogens is 2. The monoisotopic (exact) mass is 370 g/mol. The molecule has 3 nitrogen and oxygen atoms in total. The van der Waals surface area contributed by atoms with E-state index in [1.54, 1.807) is 11.8 Å². The molecule has 0 aliphatic carbocycles. The SMILES string of the molecule is CCc1nc(C2CSc3ccccc3O2)nc(Cl)c1Br. The molecule has 0 fully saturated rings. The van der Waals surface area contributed by atoms with Gasteiger partial charge in [0.2, 0.25) is 0 Å². The van der Waals surface area contributed by atoms with Crippen molar-refractivity contribution < 1.29 is 4.74 Å². The van der Waals surface area contributed by atoms with E-state index in [0.717, 1.165) is 33.0 Å². The molecule has 1 aromatic carbocycles. The summed E-state index contributed by atoms with van der Waals surface area (Å²) in [5.74, 6) is 2.32. The highest BCUT2D eigenvalue weighted by Crippen LogP contribution is 2.40. The standard InChI is InChI=1S/C14H12BrClN2OS/c1-2-8-12(15)13(16)18-14(17-8)10-7-20-11-6-4-3-5-9(11)19-10/h3-6,10H,2,7H2,1H3. The summed E-state index contributed by atoms with van der Waals surface area (Å²) in [7, 11) is 0. The zero-order chi connectivity index (χ0) is 14.1. The normalized spacial score (nSPS) is 17.4. The van der Waals surface area contributed by atoms with Crippen LogP contribution in [0, 0.1) is 0 Å². The van der Waals surface area contributed by atoms with Crippen LogP contribution in [0.3, 0.4) is 0 Å². The van der Waals surface area contributed by atoms with Crippen molar-refractivity contribution in [1.29, 1.82) is 0 Å². The first-order chi connectivity index (χ1) is 9.69. The van der Waals surface area contributed by atoms with Gasteiger partial charge in [-0.15, -0.1) is 11.8 Å². The van der Waals surface area contributed by atoms with E-state index in [9.17, 15) is 0 Å². The fraction of sp³-hybridized carbons (Fsp3) is 0.286. The number of hydrogen-bond acceptors (Lipinski definition) is 4. The first kappa shape index (κ1) is 14.2. The van der Waals surface area contributed by atoms with Crippen LogP contribution in [0.1, 0.15) is 24.5 Å². The van der Waals surface area contributed by atoms with Crippen molar-refractivity contribution in [3.8, 4) is 5.75 Å². The number of aryl methyl sites for hydroxylation is 1. The second-order valence-corrected chi connectivity index (χ2v) is 6.56. The van der Waals surface area contributed by atoms with Gasteiger partial charge in [0.1, 0.15) is 10.9 Å².